The first-order valence-electron chi connectivity index (χ1n) is 6.38. The fourth-order valence-electron chi connectivity index (χ4n) is 1.94. The lowest BCUT2D eigenvalue weighted by Crippen LogP contribution is -1.99. The molecular weight excluding hydrogens is 228 g/mol. The summed E-state index contributed by atoms with van der Waals surface area (Å²) in [5, 5.41) is 0.954. The molecule has 0 atom stereocenters. The molecule has 0 radical (unpaired) electrons. The van der Waals surface area contributed by atoms with Crippen LogP contribution >= 0.6 is 0 Å². The molecule has 1 heterocycles. The molecule has 2 aromatic rings. The Balaban J connectivity index is 2.19. The smallest absolute Gasteiger partial charge is 0.336 e. The molecule has 1 aromatic carbocycles. The molecule has 0 spiro atoms. The van der Waals surface area contributed by atoms with Crippen molar-refractivity contribution in [3.63, 3.8) is 0 Å². The van der Waals surface area contributed by atoms with Gasteiger partial charge < -0.3 is 9.15 Å². The van der Waals surface area contributed by atoms with Gasteiger partial charge in [-0.05, 0) is 31.0 Å². The minimum Gasteiger partial charge on any atom is -0.493 e. The van der Waals surface area contributed by atoms with Gasteiger partial charge in [-0.3, -0.25) is 0 Å². The zero-order valence-electron chi connectivity index (χ0n) is 10.9. The van der Waals surface area contributed by atoms with Gasteiger partial charge in [-0.15, -0.1) is 0 Å². The maximum absolute atomic E-state index is 11.3. The van der Waals surface area contributed by atoms with E-state index in [9.17, 15) is 4.79 Å². The quantitative estimate of drug-likeness (QED) is 0.597. The van der Waals surface area contributed by atoms with Crippen molar-refractivity contribution in [1.29, 1.82) is 0 Å². The summed E-state index contributed by atoms with van der Waals surface area (Å²) in [6, 6.07) is 7.14. The lowest BCUT2D eigenvalue weighted by Gasteiger charge is -2.07. The Labute approximate surface area is 106 Å². The molecule has 0 bridgehead atoms. The zero-order valence-corrected chi connectivity index (χ0v) is 10.9. The van der Waals surface area contributed by atoms with E-state index in [1.807, 2.05) is 19.1 Å². The molecule has 18 heavy (non-hydrogen) atoms. The van der Waals surface area contributed by atoms with Gasteiger partial charge in [-0.25, -0.2) is 4.79 Å². The topological polar surface area (TPSA) is 39.4 Å². The van der Waals surface area contributed by atoms with Crippen LogP contribution < -0.4 is 10.4 Å². The molecule has 0 aliphatic heterocycles. The van der Waals surface area contributed by atoms with Gasteiger partial charge in [0.15, 0.2) is 0 Å². The number of hydrogen-bond donors (Lipinski definition) is 0. The van der Waals surface area contributed by atoms with Gasteiger partial charge in [0.2, 0.25) is 0 Å². The summed E-state index contributed by atoms with van der Waals surface area (Å²) in [6.45, 7) is 4.77. The average Bonchev–Trinajstić information content (AvgIpc) is 2.34. The van der Waals surface area contributed by atoms with Crippen LogP contribution in [0.25, 0.3) is 11.0 Å². The van der Waals surface area contributed by atoms with Crippen molar-refractivity contribution in [3.8, 4) is 5.75 Å². The Morgan fingerprint density at radius 2 is 2.06 bits per heavy atom. The number of benzene rings is 1. The second-order valence-electron chi connectivity index (χ2n) is 4.46. The highest BCUT2D eigenvalue weighted by Crippen LogP contribution is 2.22. The highest BCUT2D eigenvalue weighted by atomic mass is 16.5. The molecule has 0 saturated heterocycles. The largest absolute Gasteiger partial charge is 0.493 e. The first-order valence-corrected chi connectivity index (χ1v) is 6.38. The maximum Gasteiger partial charge on any atom is 0.336 e. The second kappa shape index (κ2) is 5.71. The number of ether oxygens (including phenoxy) is 1. The lowest BCUT2D eigenvalue weighted by atomic mass is 10.1. The summed E-state index contributed by atoms with van der Waals surface area (Å²) >= 11 is 0. The Hall–Kier alpha value is -1.77. The average molecular weight is 246 g/mol. The van der Waals surface area contributed by atoms with E-state index in [0.717, 1.165) is 23.1 Å². The summed E-state index contributed by atoms with van der Waals surface area (Å²) in [4.78, 5) is 11.3. The van der Waals surface area contributed by atoms with Gasteiger partial charge in [0.05, 0.1) is 6.61 Å². The minimum absolute atomic E-state index is 0.317. The van der Waals surface area contributed by atoms with Crippen LogP contribution in [0.5, 0.6) is 5.75 Å². The van der Waals surface area contributed by atoms with E-state index in [1.54, 1.807) is 6.07 Å². The molecule has 3 nitrogen and oxygen atoms in total. The summed E-state index contributed by atoms with van der Waals surface area (Å²) < 4.78 is 10.8. The van der Waals surface area contributed by atoms with Gasteiger partial charge in [0.25, 0.3) is 0 Å². The molecule has 0 N–H and O–H groups in total. The van der Waals surface area contributed by atoms with Crippen LogP contribution in [0.2, 0.25) is 0 Å². The van der Waals surface area contributed by atoms with Gasteiger partial charge in [-0.1, -0.05) is 19.8 Å². The van der Waals surface area contributed by atoms with Crippen LogP contribution in [0.1, 0.15) is 31.7 Å². The van der Waals surface area contributed by atoms with Crippen LogP contribution in [0.15, 0.2) is 33.5 Å². The van der Waals surface area contributed by atoms with Crippen LogP contribution in [0.4, 0.5) is 0 Å². The first kappa shape index (κ1) is 12.7. The fourth-order valence-corrected chi connectivity index (χ4v) is 1.94. The number of aryl methyl sites for hydroxylation is 1. The molecular formula is C15H18O3. The first-order chi connectivity index (χ1) is 8.70. The fraction of sp³-hybridized carbons (Fsp3) is 0.400. The number of unbranched alkanes of at least 4 members (excludes halogenated alkanes) is 2. The third-order valence-corrected chi connectivity index (χ3v) is 2.94. The van der Waals surface area contributed by atoms with E-state index in [0.29, 0.717) is 12.2 Å². The van der Waals surface area contributed by atoms with Crippen LogP contribution in [-0.4, -0.2) is 6.61 Å². The SMILES string of the molecule is CCCCCOc1ccc2c(C)cc(=O)oc2c1. The normalized spacial score (nSPS) is 10.8. The highest BCUT2D eigenvalue weighted by molar-refractivity contribution is 5.81. The Bertz CT molecular complexity index is 584. The van der Waals surface area contributed by atoms with Crippen LogP contribution in [0.3, 0.4) is 0 Å². The van der Waals surface area contributed by atoms with E-state index in [1.165, 1.54) is 18.9 Å². The molecule has 0 aliphatic carbocycles. The Kier molecular flexibility index (Phi) is 4.03. The Morgan fingerprint density at radius 1 is 1.22 bits per heavy atom. The Morgan fingerprint density at radius 3 is 2.83 bits per heavy atom. The summed E-state index contributed by atoms with van der Waals surface area (Å²) in [5.41, 5.74) is 1.20. The van der Waals surface area contributed by atoms with E-state index in [4.69, 9.17) is 9.15 Å². The number of rotatable bonds is 5. The standard InChI is InChI=1S/C15H18O3/c1-3-4-5-8-17-12-6-7-13-11(2)9-15(16)18-14(13)10-12/h6-7,9-10H,3-5,8H2,1-2H3. The summed E-state index contributed by atoms with van der Waals surface area (Å²) in [7, 11) is 0. The predicted octanol–water partition coefficient (Wildman–Crippen LogP) is 3.67. The molecule has 96 valence electrons. The van der Waals surface area contributed by atoms with Crippen molar-refractivity contribution in [1.82, 2.24) is 0 Å². The van der Waals surface area contributed by atoms with Crippen molar-refractivity contribution in [2.75, 3.05) is 6.61 Å². The monoisotopic (exact) mass is 246 g/mol. The summed E-state index contributed by atoms with van der Waals surface area (Å²) in [6.07, 6.45) is 3.39. The van der Waals surface area contributed by atoms with Crippen LogP contribution in [-0.2, 0) is 0 Å². The molecule has 0 unspecified atom stereocenters. The minimum atomic E-state index is -0.317. The second-order valence-corrected chi connectivity index (χ2v) is 4.46. The highest BCUT2D eigenvalue weighted by Gasteiger charge is 2.03. The molecule has 0 saturated carbocycles. The molecule has 1 aromatic heterocycles. The van der Waals surface area contributed by atoms with Gasteiger partial charge in [-0.2, -0.15) is 0 Å². The number of fused-ring (bicyclic) bond motifs is 1. The molecule has 2 rings (SSSR count). The van der Waals surface area contributed by atoms with Crippen molar-refractivity contribution in [2.45, 2.75) is 33.1 Å². The maximum atomic E-state index is 11.3. The van der Waals surface area contributed by atoms with E-state index in [-0.39, 0.29) is 5.63 Å². The van der Waals surface area contributed by atoms with Gasteiger partial charge in [0.1, 0.15) is 11.3 Å². The third-order valence-electron chi connectivity index (χ3n) is 2.94. The van der Waals surface area contributed by atoms with Crippen molar-refractivity contribution >= 4 is 11.0 Å². The summed E-state index contributed by atoms with van der Waals surface area (Å²) in [5.74, 6) is 0.757. The molecule has 3 heteroatoms. The van der Waals surface area contributed by atoms with Gasteiger partial charge in [0, 0.05) is 17.5 Å². The van der Waals surface area contributed by atoms with Crippen molar-refractivity contribution in [2.24, 2.45) is 0 Å². The van der Waals surface area contributed by atoms with Crippen molar-refractivity contribution in [3.05, 3.63) is 40.2 Å². The third kappa shape index (κ3) is 2.92. The predicted molar refractivity (Wildman–Crippen MR) is 72.2 cm³/mol. The molecule has 0 amide bonds. The van der Waals surface area contributed by atoms with Crippen molar-refractivity contribution < 1.29 is 9.15 Å². The van der Waals surface area contributed by atoms with E-state index < -0.39 is 0 Å². The van der Waals surface area contributed by atoms with E-state index >= 15 is 0 Å². The van der Waals surface area contributed by atoms with Gasteiger partial charge >= 0.3 is 5.63 Å². The number of hydrogen-bond acceptors (Lipinski definition) is 3. The van der Waals surface area contributed by atoms with Crippen LogP contribution in [0, 0.1) is 6.92 Å². The lowest BCUT2D eigenvalue weighted by molar-refractivity contribution is 0.306. The zero-order chi connectivity index (χ0) is 13.0. The molecule has 0 aliphatic rings. The molecule has 0 fully saturated rings. The van der Waals surface area contributed by atoms with E-state index in [2.05, 4.69) is 6.92 Å².